The van der Waals surface area contributed by atoms with Gasteiger partial charge in [0.15, 0.2) is 12.0 Å². The molecule has 0 aliphatic carbocycles. The monoisotopic (exact) mass is 243 g/mol. The van der Waals surface area contributed by atoms with Crippen molar-refractivity contribution in [1.82, 2.24) is 5.32 Å². The van der Waals surface area contributed by atoms with Crippen LogP contribution in [0.1, 0.15) is 26.5 Å². The van der Waals surface area contributed by atoms with E-state index in [1.165, 1.54) is 0 Å². The summed E-state index contributed by atoms with van der Waals surface area (Å²) in [6.45, 7) is 1.85. The van der Waals surface area contributed by atoms with Gasteiger partial charge in [0.2, 0.25) is 0 Å². The third-order valence-corrected chi connectivity index (χ3v) is 2.81. The van der Waals surface area contributed by atoms with Gasteiger partial charge in [0.1, 0.15) is 5.76 Å². The summed E-state index contributed by atoms with van der Waals surface area (Å²) in [6.07, 6.45) is 0.654. The number of furan rings is 1. The number of benzene rings is 1. The fraction of sp³-hybridized carbons (Fsp3) is 0.143. The summed E-state index contributed by atoms with van der Waals surface area (Å²) in [4.78, 5) is 22.3. The smallest absolute Gasteiger partial charge is 0.251 e. The third-order valence-electron chi connectivity index (χ3n) is 2.81. The third kappa shape index (κ3) is 2.05. The zero-order valence-corrected chi connectivity index (χ0v) is 10.2. The number of hydrogen-bond donors (Lipinski definition) is 1. The van der Waals surface area contributed by atoms with Crippen LogP contribution in [0.2, 0.25) is 0 Å². The van der Waals surface area contributed by atoms with Crippen LogP contribution in [0.4, 0.5) is 0 Å². The summed E-state index contributed by atoms with van der Waals surface area (Å²) in [6, 6.07) is 8.72. The molecule has 4 heteroatoms. The summed E-state index contributed by atoms with van der Waals surface area (Å²) < 4.78 is 5.37. The first-order valence-corrected chi connectivity index (χ1v) is 5.54. The average Bonchev–Trinajstić information content (AvgIpc) is 2.86. The zero-order valence-electron chi connectivity index (χ0n) is 10.2. The summed E-state index contributed by atoms with van der Waals surface area (Å²) in [5.74, 6) is 0.714. The number of hydrogen-bond acceptors (Lipinski definition) is 3. The number of rotatable bonds is 3. The minimum absolute atomic E-state index is 0.142. The van der Waals surface area contributed by atoms with Crippen molar-refractivity contribution in [2.45, 2.75) is 6.92 Å². The highest BCUT2D eigenvalue weighted by Crippen LogP contribution is 2.27. The highest BCUT2D eigenvalue weighted by Gasteiger charge is 2.13. The molecule has 0 saturated heterocycles. The molecule has 92 valence electrons. The van der Waals surface area contributed by atoms with E-state index >= 15 is 0 Å². The maximum atomic E-state index is 11.7. The molecule has 18 heavy (non-hydrogen) atoms. The molecule has 2 rings (SSSR count). The van der Waals surface area contributed by atoms with Gasteiger partial charge in [0, 0.05) is 18.2 Å². The molecule has 0 spiro atoms. The lowest BCUT2D eigenvalue weighted by Crippen LogP contribution is -2.19. The maximum Gasteiger partial charge on any atom is 0.251 e. The normalized spacial score (nSPS) is 10.1. The summed E-state index contributed by atoms with van der Waals surface area (Å²) >= 11 is 0. The van der Waals surface area contributed by atoms with Crippen molar-refractivity contribution in [2.75, 3.05) is 7.05 Å². The zero-order chi connectivity index (χ0) is 13.1. The van der Waals surface area contributed by atoms with Crippen LogP contribution in [0.5, 0.6) is 0 Å². The van der Waals surface area contributed by atoms with E-state index in [0.29, 0.717) is 17.6 Å². The molecule has 0 saturated carbocycles. The lowest BCUT2D eigenvalue weighted by molar-refractivity contribution is 0.0962. The van der Waals surface area contributed by atoms with Crippen LogP contribution in [0, 0.1) is 6.92 Å². The predicted molar refractivity (Wildman–Crippen MR) is 67.7 cm³/mol. The van der Waals surface area contributed by atoms with Crippen LogP contribution in [0.3, 0.4) is 0 Å². The van der Waals surface area contributed by atoms with Gasteiger partial charge in [0.25, 0.3) is 5.91 Å². The van der Waals surface area contributed by atoms with E-state index in [4.69, 9.17) is 4.42 Å². The van der Waals surface area contributed by atoms with Gasteiger partial charge in [-0.2, -0.15) is 0 Å². The van der Waals surface area contributed by atoms with Crippen molar-refractivity contribution < 1.29 is 14.0 Å². The van der Waals surface area contributed by atoms with E-state index < -0.39 is 0 Å². The molecule has 0 bridgehead atoms. The number of carbonyl (C=O) groups excluding carboxylic acids is 2. The minimum Gasteiger partial charge on any atom is -0.453 e. The molecule has 1 amide bonds. The first-order chi connectivity index (χ1) is 8.67. The second-order valence-electron chi connectivity index (χ2n) is 3.88. The van der Waals surface area contributed by atoms with E-state index in [2.05, 4.69) is 5.32 Å². The maximum absolute atomic E-state index is 11.7. The lowest BCUT2D eigenvalue weighted by Gasteiger charge is -2.08. The quantitative estimate of drug-likeness (QED) is 0.842. The molecule has 0 radical (unpaired) electrons. The molecule has 1 N–H and O–H groups in total. The fourth-order valence-electron chi connectivity index (χ4n) is 1.84. The number of aldehydes is 1. The van der Waals surface area contributed by atoms with E-state index in [9.17, 15) is 9.59 Å². The van der Waals surface area contributed by atoms with Crippen molar-refractivity contribution in [2.24, 2.45) is 0 Å². The molecule has 0 atom stereocenters. The average molecular weight is 243 g/mol. The van der Waals surface area contributed by atoms with E-state index in [1.54, 1.807) is 31.3 Å². The Kier molecular flexibility index (Phi) is 3.28. The van der Waals surface area contributed by atoms with Crippen molar-refractivity contribution >= 4 is 12.2 Å². The molecule has 1 aromatic heterocycles. The molecule has 4 nitrogen and oxygen atoms in total. The van der Waals surface area contributed by atoms with Crippen LogP contribution in [-0.2, 0) is 0 Å². The minimum atomic E-state index is -0.142. The van der Waals surface area contributed by atoms with Crippen molar-refractivity contribution in [3.63, 3.8) is 0 Å². The van der Waals surface area contributed by atoms with Crippen molar-refractivity contribution in [3.05, 3.63) is 47.2 Å². The van der Waals surface area contributed by atoms with E-state index in [0.717, 1.165) is 11.1 Å². The Balaban J connectivity index is 2.51. The molecule has 0 fully saturated rings. The van der Waals surface area contributed by atoms with E-state index in [-0.39, 0.29) is 11.7 Å². The van der Waals surface area contributed by atoms with Gasteiger partial charge >= 0.3 is 0 Å². The van der Waals surface area contributed by atoms with E-state index in [1.807, 2.05) is 13.0 Å². The standard InChI is InChI=1S/C14H13NO3/c1-9-11(13-7-6-10(8-16)18-13)4-3-5-12(9)14(17)15-2/h3-8H,1-2H3,(H,15,17). The molecule has 1 aromatic carbocycles. The van der Waals surface area contributed by atoms with Crippen LogP contribution in [0.25, 0.3) is 11.3 Å². The molecule has 0 aliphatic heterocycles. The molecular weight excluding hydrogens is 230 g/mol. The highest BCUT2D eigenvalue weighted by atomic mass is 16.3. The summed E-state index contributed by atoms with van der Waals surface area (Å²) in [5.41, 5.74) is 2.23. The Morgan fingerprint density at radius 3 is 2.67 bits per heavy atom. The number of amides is 1. The Hall–Kier alpha value is -2.36. The molecule has 0 aliphatic rings. The van der Waals surface area contributed by atoms with Gasteiger partial charge in [-0.15, -0.1) is 0 Å². The van der Waals surface area contributed by atoms with Gasteiger partial charge in [-0.3, -0.25) is 9.59 Å². The van der Waals surface area contributed by atoms with Crippen LogP contribution in [-0.4, -0.2) is 19.2 Å². The molecule has 2 aromatic rings. The summed E-state index contributed by atoms with van der Waals surface area (Å²) in [7, 11) is 1.59. The van der Waals surface area contributed by atoms with Crippen LogP contribution in [0.15, 0.2) is 34.7 Å². The van der Waals surface area contributed by atoms with Gasteiger partial charge in [-0.25, -0.2) is 0 Å². The molecule has 0 unspecified atom stereocenters. The first-order valence-electron chi connectivity index (χ1n) is 5.54. The second-order valence-corrected chi connectivity index (χ2v) is 3.88. The van der Waals surface area contributed by atoms with Gasteiger partial charge in [-0.1, -0.05) is 12.1 Å². The van der Waals surface area contributed by atoms with Crippen molar-refractivity contribution in [1.29, 1.82) is 0 Å². The Morgan fingerprint density at radius 2 is 2.06 bits per heavy atom. The van der Waals surface area contributed by atoms with Crippen molar-refractivity contribution in [3.8, 4) is 11.3 Å². The predicted octanol–water partition coefficient (Wildman–Crippen LogP) is 2.43. The topological polar surface area (TPSA) is 59.3 Å². The number of nitrogens with one attached hydrogen (secondary N) is 1. The summed E-state index contributed by atoms with van der Waals surface area (Å²) in [5, 5.41) is 2.59. The van der Waals surface area contributed by atoms with Gasteiger partial charge < -0.3 is 9.73 Å². The highest BCUT2D eigenvalue weighted by molar-refractivity contribution is 5.97. The molecular formula is C14H13NO3. The van der Waals surface area contributed by atoms with Gasteiger partial charge in [-0.05, 0) is 30.7 Å². The van der Waals surface area contributed by atoms with Crippen LogP contribution >= 0.6 is 0 Å². The van der Waals surface area contributed by atoms with Crippen LogP contribution < -0.4 is 5.32 Å². The Bertz CT molecular complexity index is 599. The Morgan fingerprint density at radius 1 is 1.28 bits per heavy atom. The Labute approximate surface area is 105 Å². The first kappa shape index (κ1) is 12.1. The lowest BCUT2D eigenvalue weighted by atomic mass is 10.0. The fourth-order valence-corrected chi connectivity index (χ4v) is 1.84. The second kappa shape index (κ2) is 4.87. The number of carbonyl (C=O) groups is 2. The molecule has 1 heterocycles. The SMILES string of the molecule is CNC(=O)c1cccc(-c2ccc(C=O)o2)c1C. The van der Waals surface area contributed by atoms with Gasteiger partial charge in [0.05, 0.1) is 0 Å². The largest absolute Gasteiger partial charge is 0.453 e.